The van der Waals surface area contributed by atoms with Crippen LogP contribution in [-0.2, 0) is 4.74 Å². The lowest BCUT2D eigenvalue weighted by Crippen LogP contribution is -2.36. The Morgan fingerprint density at radius 2 is 1.73 bits per heavy atom. The van der Waals surface area contributed by atoms with Gasteiger partial charge < -0.3 is 10.1 Å². The number of alkyl carbamates (subject to hydrolysis) is 1. The van der Waals surface area contributed by atoms with E-state index in [9.17, 15) is 4.79 Å². The predicted octanol–water partition coefficient (Wildman–Crippen LogP) is 6.48. The standard InChI is InChI=1S/C21H23Cl2NO2/c1-21(2,3)26-20(25)24-19-11-9-14(15-6-4-5-7-16(15)19)13-8-10-17(22)18(23)12-13/h4-8,10,12,14,19H,9,11H2,1-3H3,(H,24,25)/t14-,19+/m0/s1. The molecule has 1 amide bonds. The molecule has 0 aliphatic heterocycles. The molecule has 0 fully saturated rings. The van der Waals surface area contributed by atoms with Gasteiger partial charge >= 0.3 is 6.09 Å². The largest absolute Gasteiger partial charge is 0.444 e. The molecule has 0 heterocycles. The van der Waals surface area contributed by atoms with Crippen molar-refractivity contribution in [3.8, 4) is 0 Å². The van der Waals surface area contributed by atoms with Gasteiger partial charge in [0.05, 0.1) is 16.1 Å². The van der Waals surface area contributed by atoms with Crippen LogP contribution in [0.1, 0.15) is 62.3 Å². The molecule has 0 unspecified atom stereocenters. The van der Waals surface area contributed by atoms with Crippen molar-refractivity contribution in [2.24, 2.45) is 0 Å². The summed E-state index contributed by atoms with van der Waals surface area (Å²) in [7, 11) is 0. The highest BCUT2D eigenvalue weighted by Crippen LogP contribution is 2.42. The Hall–Kier alpha value is -1.71. The summed E-state index contributed by atoms with van der Waals surface area (Å²) < 4.78 is 5.41. The third kappa shape index (κ3) is 4.33. The summed E-state index contributed by atoms with van der Waals surface area (Å²) in [5.74, 6) is 0.234. The number of ether oxygens (including phenoxy) is 1. The molecule has 2 aromatic carbocycles. The topological polar surface area (TPSA) is 38.3 Å². The number of halogens is 2. The van der Waals surface area contributed by atoms with Crippen LogP contribution < -0.4 is 5.32 Å². The minimum Gasteiger partial charge on any atom is -0.444 e. The lowest BCUT2D eigenvalue weighted by molar-refractivity contribution is 0.0498. The molecule has 138 valence electrons. The first-order valence-corrected chi connectivity index (χ1v) is 9.53. The fourth-order valence-corrected chi connectivity index (χ4v) is 3.77. The Morgan fingerprint density at radius 1 is 1.04 bits per heavy atom. The van der Waals surface area contributed by atoms with Crippen molar-refractivity contribution in [1.82, 2.24) is 5.32 Å². The van der Waals surface area contributed by atoms with Gasteiger partial charge in [0, 0.05) is 5.92 Å². The molecule has 3 rings (SSSR count). The van der Waals surface area contributed by atoms with Crippen LogP contribution in [0.3, 0.4) is 0 Å². The van der Waals surface area contributed by atoms with Gasteiger partial charge in [0.1, 0.15) is 5.60 Å². The molecule has 0 spiro atoms. The van der Waals surface area contributed by atoms with Crippen molar-refractivity contribution in [3.05, 3.63) is 69.2 Å². The first kappa shape index (κ1) is 19.1. The number of hydrogen-bond acceptors (Lipinski definition) is 2. The third-order valence-electron chi connectivity index (χ3n) is 4.53. The van der Waals surface area contributed by atoms with Gasteiger partial charge in [-0.3, -0.25) is 0 Å². The Morgan fingerprint density at radius 3 is 2.38 bits per heavy atom. The van der Waals surface area contributed by atoms with Crippen LogP contribution in [0.5, 0.6) is 0 Å². The summed E-state index contributed by atoms with van der Waals surface area (Å²) in [5.41, 5.74) is 2.96. The highest BCUT2D eigenvalue weighted by Gasteiger charge is 2.30. The van der Waals surface area contributed by atoms with Gasteiger partial charge in [-0.05, 0) is 62.4 Å². The van der Waals surface area contributed by atoms with Gasteiger partial charge in [-0.15, -0.1) is 0 Å². The minimum atomic E-state index is -0.513. The highest BCUT2D eigenvalue weighted by molar-refractivity contribution is 6.42. The number of hydrogen-bond donors (Lipinski definition) is 1. The molecule has 2 atom stereocenters. The summed E-state index contributed by atoms with van der Waals surface area (Å²) in [5, 5.41) is 4.14. The number of carbonyl (C=O) groups is 1. The van der Waals surface area contributed by atoms with Crippen molar-refractivity contribution < 1.29 is 9.53 Å². The monoisotopic (exact) mass is 391 g/mol. The second kappa shape index (κ2) is 7.50. The number of nitrogens with one attached hydrogen (secondary N) is 1. The Bertz CT molecular complexity index is 814. The molecule has 1 aliphatic carbocycles. The lowest BCUT2D eigenvalue weighted by atomic mass is 9.77. The number of carbonyl (C=O) groups excluding carboxylic acids is 1. The van der Waals surface area contributed by atoms with Gasteiger partial charge in [-0.2, -0.15) is 0 Å². The molecular formula is C21H23Cl2NO2. The quantitative estimate of drug-likeness (QED) is 0.635. The van der Waals surface area contributed by atoms with Crippen molar-refractivity contribution in [2.45, 2.75) is 51.2 Å². The van der Waals surface area contributed by atoms with Gasteiger partial charge in [0.2, 0.25) is 0 Å². The van der Waals surface area contributed by atoms with Crippen LogP contribution >= 0.6 is 23.2 Å². The summed E-state index contributed by atoms with van der Waals surface area (Å²) in [6.45, 7) is 5.59. The molecule has 0 saturated carbocycles. The maximum Gasteiger partial charge on any atom is 0.408 e. The molecule has 1 N–H and O–H groups in total. The van der Waals surface area contributed by atoms with Crippen molar-refractivity contribution >= 4 is 29.3 Å². The number of fused-ring (bicyclic) bond motifs is 1. The van der Waals surface area contributed by atoms with E-state index in [0.717, 1.165) is 24.0 Å². The zero-order valence-corrected chi connectivity index (χ0v) is 16.7. The van der Waals surface area contributed by atoms with Gasteiger partial charge in [0.15, 0.2) is 0 Å². The van der Waals surface area contributed by atoms with E-state index in [2.05, 4.69) is 17.4 Å². The van der Waals surface area contributed by atoms with Crippen LogP contribution in [0.15, 0.2) is 42.5 Å². The summed E-state index contributed by atoms with van der Waals surface area (Å²) in [6.07, 6.45) is 1.36. The average molecular weight is 392 g/mol. The Labute approximate surface area is 164 Å². The maximum absolute atomic E-state index is 12.2. The Kier molecular flexibility index (Phi) is 5.50. The van der Waals surface area contributed by atoms with Gasteiger partial charge in [-0.25, -0.2) is 4.79 Å². The van der Waals surface area contributed by atoms with E-state index in [0.29, 0.717) is 10.0 Å². The molecule has 0 radical (unpaired) electrons. The van der Waals surface area contributed by atoms with Gasteiger partial charge in [0.25, 0.3) is 0 Å². The van der Waals surface area contributed by atoms with E-state index in [1.54, 1.807) is 0 Å². The first-order valence-electron chi connectivity index (χ1n) is 8.78. The lowest BCUT2D eigenvalue weighted by Gasteiger charge is -2.33. The molecular weight excluding hydrogens is 369 g/mol. The summed E-state index contributed by atoms with van der Waals surface area (Å²) >= 11 is 12.3. The summed E-state index contributed by atoms with van der Waals surface area (Å²) in [6, 6.07) is 14.0. The molecule has 1 aliphatic rings. The zero-order chi connectivity index (χ0) is 18.9. The molecule has 3 nitrogen and oxygen atoms in total. The van der Waals surface area contributed by atoms with E-state index >= 15 is 0 Å². The molecule has 26 heavy (non-hydrogen) atoms. The highest BCUT2D eigenvalue weighted by atomic mass is 35.5. The normalized spacial score (nSPS) is 19.6. The van der Waals surface area contributed by atoms with E-state index in [1.807, 2.05) is 51.1 Å². The second-order valence-electron chi connectivity index (χ2n) is 7.63. The second-order valence-corrected chi connectivity index (χ2v) is 8.45. The molecule has 0 bridgehead atoms. The van der Waals surface area contributed by atoms with E-state index in [1.165, 1.54) is 5.56 Å². The van der Waals surface area contributed by atoms with Gasteiger partial charge in [-0.1, -0.05) is 53.5 Å². The number of rotatable bonds is 2. The van der Waals surface area contributed by atoms with Crippen LogP contribution in [-0.4, -0.2) is 11.7 Å². The zero-order valence-electron chi connectivity index (χ0n) is 15.2. The van der Waals surface area contributed by atoms with Crippen LogP contribution in [0.4, 0.5) is 4.79 Å². The van der Waals surface area contributed by atoms with Crippen molar-refractivity contribution in [3.63, 3.8) is 0 Å². The molecule has 5 heteroatoms. The Balaban J connectivity index is 1.86. The van der Waals surface area contributed by atoms with Crippen LogP contribution in [0.2, 0.25) is 10.0 Å². The van der Waals surface area contributed by atoms with Crippen molar-refractivity contribution in [1.29, 1.82) is 0 Å². The summed E-state index contributed by atoms with van der Waals surface area (Å²) in [4.78, 5) is 12.2. The number of benzene rings is 2. The maximum atomic E-state index is 12.2. The van der Waals surface area contributed by atoms with E-state index in [4.69, 9.17) is 27.9 Å². The molecule has 0 aromatic heterocycles. The molecule has 0 saturated heterocycles. The minimum absolute atomic E-state index is 0.0555. The van der Waals surface area contributed by atoms with Crippen molar-refractivity contribution in [2.75, 3.05) is 0 Å². The third-order valence-corrected chi connectivity index (χ3v) is 5.27. The SMILES string of the molecule is CC(C)(C)OC(=O)N[C@@H]1CC[C@@H](c2ccc(Cl)c(Cl)c2)c2ccccc21. The van der Waals surface area contributed by atoms with E-state index in [-0.39, 0.29) is 18.1 Å². The number of amides is 1. The van der Waals surface area contributed by atoms with E-state index < -0.39 is 5.60 Å². The fourth-order valence-electron chi connectivity index (χ4n) is 3.46. The fraction of sp³-hybridized carbons (Fsp3) is 0.381. The first-order chi connectivity index (χ1) is 12.2. The molecule has 2 aromatic rings. The predicted molar refractivity (Wildman–Crippen MR) is 106 cm³/mol. The average Bonchev–Trinajstić information content (AvgIpc) is 2.56. The van der Waals surface area contributed by atoms with Crippen LogP contribution in [0, 0.1) is 0 Å². The van der Waals surface area contributed by atoms with Crippen LogP contribution in [0.25, 0.3) is 0 Å². The smallest absolute Gasteiger partial charge is 0.408 e.